The third-order valence-corrected chi connectivity index (χ3v) is 6.10. The lowest BCUT2D eigenvalue weighted by molar-refractivity contribution is -0.137. The predicted octanol–water partition coefficient (Wildman–Crippen LogP) is 4.53. The molecule has 1 unspecified atom stereocenters. The molecule has 1 saturated heterocycles. The van der Waals surface area contributed by atoms with Crippen molar-refractivity contribution in [2.24, 2.45) is 5.92 Å². The summed E-state index contributed by atoms with van der Waals surface area (Å²) in [6.45, 7) is 8.17. The van der Waals surface area contributed by atoms with Crippen LogP contribution in [-0.2, 0) is 16.0 Å². The van der Waals surface area contributed by atoms with Crippen molar-refractivity contribution < 1.29 is 14.3 Å². The summed E-state index contributed by atoms with van der Waals surface area (Å²) >= 11 is 0. The number of imide groups is 1. The van der Waals surface area contributed by atoms with Gasteiger partial charge in [0, 0.05) is 19.6 Å². The fourth-order valence-electron chi connectivity index (χ4n) is 4.57. The van der Waals surface area contributed by atoms with E-state index in [-0.39, 0.29) is 17.9 Å². The normalized spacial score (nSPS) is 19.3. The molecule has 4 rings (SSSR count). The van der Waals surface area contributed by atoms with Crippen molar-refractivity contribution >= 4 is 17.4 Å². The standard InChI is InChI=1S/C27H32N2O3/c1-19(2)32-23-13-11-22(12-14-23)24-25(28-16-7-8-20(3)18-28)27(31)29(26(24)30)17-15-21-9-5-4-6-10-21/h4-6,9-14,19-20H,7-8,15-18H2,1-3H3. The monoisotopic (exact) mass is 432 g/mol. The Kier molecular flexibility index (Phi) is 6.63. The van der Waals surface area contributed by atoms with Crippen molar-refractivity contribution in [1.29, 1.82) is 0 Å². The Morgan fingerprint density at radius 3 is 2.38 bits per heavy atom. The molecule has 2 aliphatic rings. The second-order valence-electron chi connectivity index (χ2n) is 9.11. The number of likely N-dealkylation sites (tertiary alicyclic amines) is 1. The van der Waals surface area contributed by atoms with Crippen LogP contribution in [0.2, 0.25) is 0 Å². The molecule has 1 fully saturated rings. The average molecular weight is 433 g/mol. The molecular formula is C27H32N2O3. The summed E-state index contributed by atoms with van der Waals surface area (Å²) in [5, 5.41) is 0. The van der Waals surface area contributed by atoms with Gasteiger partial charge in [0.2, 0.25) is 0 Å². The topological polar surface area (TPSA) is 49.9 Å². The zero-order chi connectivity index (χ0) is 22.7. The molecular weight excluding hydrogens is 400 g/mol. The largest absolute Gasteiger partial charge is 0.491 e. The number of nitrogens with zero attached hydrogens (tertiary/aromatic N) is 2. The van der Waals surface area contributed by atoms with E-state index in [9.17, 15) is 9.59 Å². The quantitative estimate of drug-likeness (QED) is 0.603. The van der Waals surface area contributed by atoms with E-state index >= 15 is 0 Å². The highest BCUT2D eigenvalue weighted by atomic mass is 16.5. The molecule has 5 heteroatoms. The van der Waals surface area contributed by atoms with Crippen LogP contribution >= 0.6 is 0 Å². The number of amides is 2. The van der Waals surface area contributed by atoms with Gasteiger partial charge < -0.3 is 9.64 Å². The number of ether oxygens (including phenoxy) is 1. The van der Waals surface area contributed by atoms with Crippen LogP contribution in [0, 0.1) is 5.92 Å². The summed E-state index contributed by atoms with van der Waals surface area (Å²) in [5.41, 5.74) is 2.97. The highest BCUT2D eigenvalue weighted by molar-refractivity contribution is 6.35. The van der Waals surface area contributed by atoms with E-state index < -0.39 is 0 Å². The minimum Gasteiger partial charge on any atom is -0.491 e. The summed E-state index contributed by atoms with van der Waals surface area (Å²) in [6, 6.07) is 17.5. The lowest BCUT2D eigenvalue weighted by Gasteiger charge is -2.33. The highest BCUT2D eigenvalue weighted by Gasteiger charge is 2.42. The molecule has 2 aliphatic heterocycles. The van der Waals surface area contributed by atoms with E-state index in [0.717, 1.165) is 42.8 Å². The Labute approximate surface area is 190 Å². The lowest BCUT2D eigenvalue weighted by Crippen LogP contribution is -2.39. The SMILES string of the molecule is CC1CCCN(C2=C(c3ccc(OC(C)C)cc3)C(=O)N(CCc3ccccc3)C2=O)C1. The molecule has 0 radical (unpaired) electrons. The van der Waals surface area contributed by atoms with Crippen molar-refractivity contribution in [2.75, 3.05) is 19.6 Å². The van der Waals surface area contributed by atoms with E-state index in [1.54, 1.807) is 0 Å². The van der Waals surface area contributed by atoms with Crippen molar-refractivity contribution in [2.45, 2.75) is 46.1 Å². The van der Waals surface area contributed by atoms with Crippen molar-refractivity contribution in [1.82, 2.24) is 9.80 Å². The van der Waals surface area contributed by atoms with E-state index in [2.05, 4.69) is 11.8 Å². The summed E-state index contributed by atoms with van der Waals surface area (Å²) < 4.78 is 5.76. The first-order valence-corrected chi connectivity index (χ1v) is 11.6. The number of rotatable bonds is 7. The fraction of sp³-hybridized carbons (Fsp3) is 0.407. The molecule has 2 aromatic carbocycles. The van der Waals surface area contributed by atoms with Gasteiger partial charge in [-0.15, -0.1) is 0 Å². The van der Waals surface area contributed by atoms with Crippen LogP contribution in [-0.4, -0.2) is 47.4 Å². The average Bonchev–Trinajstić information content (AvgIpc) is 3.03. The molecule has 0 spiro atoms. The minimum absolute atomic E-state index is 0.0774. The van der Waals surface area contributed by atoms with Crippen LogP contribution in [0.3, 0.4) is 0 Å². The summed E-state index contributed by atoms with van der Waals surface area (Å²) in [5.74, 6) is 0.894. The highest BCUT2D eigenvalue weighted by Crippen LogP contribution is 2.34. The van der Waals surface area contributed by atoms with Crippen LogP contribution in [0.1, 0.15) is 44.7 Å². The van der Waals surface area contributed by atoms with Crippen LogP contribution < -0.4 is 4.74 Å². The van der Waals surface area contributed by atoms with Crippen LogP contribution in [0.4, 0.5) is 0 Å². The van der Waals surface area contributed by atoms with Gasteiger partial charge in [-0.1, -0.05) is 49.4 Å². The van der Waals surface area contributed by atoms with Crippen molar-refractivity contribution in [3.05, 3.63) is 71.4 Å². The second-order valence-corrected chi connectivity index (χ2v) is 9.11. The maximum absolute atomic E-state index is 13.5. The fourth-order valence-corrected chi connectivity index (χ4v) is 4.57. The number of benzene rings is 2. The molecule has 5 nitrogen and oxygen atoms in total. The number of carbonyl (C=O) groups excluding carboxylic acids is 2. The number of hydrogen-bond acceptors (Lipinski definition) is 4. The lowest BCUT2D eigenvalue weighted by atomic mass is 9.97. The summed E-state index contributed by atoms with van der Waals surface area (Å²) in [7, 11) is 0. The first kappa shape index (κ1) is 22.1. The third kappa shape index (κ3) is 4.72. The Hall–Kier alpha value is -3.08. The number of piperidine rings is 1. The first-order chi connectivity index (χ1) is 15.4. The van der Waals surface area contributed by atoms with Crippen LogP contribution in [0.25, 0.3) is 5.57 Å². The van der Waals surface area contributed by atoms with Gasteiger partial charge in [-0.25, -0.2) is 0 Å². The molecule has 0 saturated carbocycles. The first-order valence-electron chi connectivity index (χ1n) is 11.6. The van der Waals surface area contributed by atoms with Gasteiger partial charge in [0.1, 0.15) is 11.4 Å². The van der Waals surface area contributed by atoms with Crippen LogP contribution in [0.15, 0.2) is 60.3 Å². The smallest absolute Gasteiger partial charge is 0.277 e. The molecule has 2 heterocycles. The molecule has 1 atom stereocenters. The second kappa shape index (κ2) is 9.60. The molecule has 168 valence electrons. The van der Waals surface area contributed by atoms with Gasteiger partial charge in [0.25, 0.3) is 11.8 Å². The predicted molar refractivity (Wildman–Crippen MR) is 126 cm³/mol. The molecule has 0 aliphatic carbocycles. The molecule has 2 amide bonds. The van der Waals surface area contributed by atoms with E-state index in [1.807, 2.05) is 68.4 Å². The number of carbonyl (C=O) groups is 2. The summed E-state index contributed by atoms with van der Waals surface area (Å²) in [6.07, 6.45) is 2.91. The Morgan fingerprint density at radius 2 is 1.72 bits per heavy atom. The molecule has 2 aromatic rings. The van der Waals surface area contributed by atoms with Crippen molar-refractivity contribution in [3.63, 3.8) is 0 Å². The maximum atomic E-state index is 13.5. The third-order valence-electron chi connectivity index (χ3n) is 6.10. The Balaban J connectivity index is 1.64. The molecule has 0 bridgehead atoms. The zero-order valence-electron chi connectivity index (χ0n) is 19.2. The summed E-state index contributed by atoms with van der Waals surface area (Å²) in [4.78, 5) is 30.6. The Morgan fingerprint density at radius 1 is 1.00 bits per heavy atom. The van der Waals surface area contributed by atoms with E-state index in [1.165, 1.54) is 4.90 Å². The van der Waals surface area contributed by atoms with Gasteiger partial charge in [-0.2, -0.15) is 0 Å². The van der Waals surface area contributed by atoms with E-state index in [0.29, 0.717) is 30.2 Å². The van der Waals surface area contributed by atoms with E-state index in [4.69, 9.17) is 4.74 Å². The zero-order valence-corrected chi connectivity index (χ0v) is 19.2. The molecule has 0 aromatic heterocycles. The van der Waals surface area contributed by atoms with Gasteiger partial charge in [0.05, 0.1) is 11.7 Å². The maximum Gasteiger partial charge on any atom is 0.277 e. The molecule has 32 heavy (non-hydrogen) atoms. The van der Waals surface area contributed by atoms with Crippen LogP contribution in [0.5, 0.6) is 5.75 Å². The minimum atomic E-state index is -0.198. The van der Waals surface area contributed by atoms with Gasteiger partial charge in [0.15, 0.2) is 0 Å². The number of hydrogen-bond donors (Lipinski definition) is 0. The van der Waals surface area contributed by atoms with Gasteiger partial charge in [-0.3, -0.25) is 14.5 Å². The van der Waals surface area contributed by atoms with Gasteiger partial charge >= 0.3 is 0 Å². The molecule has 0 N–H and O–H groups in total. The van der Waals surface area contributed by atoms with Gasteiger partial charge in [-0.05, 0) is 62.3 Å². The van der Waals surface area contributed by atoms with Crippen molar-refractivity contribution in [3.8, 4) is 5.75 Å². The Bertz CT molecular complexity index is 995.